The molecule has 1 nitrogen and oxygen atoms in total. The normalized spacial score (nSPS) is 11.1. The smallest absolute Gasteiger partial charge is 0.126 e. The van der Waals surface area contributed by atoms with E-state index < -0.39 is 0 Å². The molecule has 0 unspecified atom stereocenters. The van der Waals surface area contributed by atoms with Gasteiger partial charge in [-0.1, -0.05) is 41.3 Å². The van der Waals surface area contributed by atoms with Gasteiger partial charge in [-0.2, -0.15) is 0 Å². The summed E-state index contributed by atoms with van der Waals surface area (Å²) in [6.45, 7) is 8.15. The molecule has 14 heavy (non-hydrogen) atoms. The predicted octanol–water partition coefficient (Wildman–Crippen LogP) is 4.01. The highest BCUT2D eigenvalue weighted by molar-refractivity contribution is 14.1. The van der Waals surface area contributed by atoms with Gasteiger partial charge < -0.3 is 4.74 Å². The number of benzene rings is 1. The molecule has 0 saturated carbocycles. The van der Waals surface area contributed by atoms with Crippen LogP contribution in [0.3, 0.4) is 0 Å². The van der Waals surface area contributed by atoms with Crippen LogP contribution in [0.4, 0.5) is 0 Å². The Morgan fingerprint density at radius 2 is 2.07 bits per heavy atom. The number of hydrogen-bond acceptors (Lipinski definition) is 1. The van der Waals surface area contributed by atoms with Gasteiger partial charge in [-0.25, -0.2) is 0 Å². The van der Waals surface area contributed by atoms with E-state index >= 15 is 0 Å². The van der Waals surface area contributed by atoms with Crippen molar-refractivity contribution in [1.82, 2.24) is 0 Å². The molecule has 1 aromatic carbocycles. The summed E-state index contributed by atoms with van der Waals surface area (Å²) in [6.07, 6.45) is 1.82. The molecule has 0 aliphatic rings. The molecule has 76 valence electrons. The Hall–Kier alpha value is -0.510. The second-order valence-corrected chi connectivity index (χ2v) is 6.33. The third-order valence-electron chi connectivity index (χ3n) is 2.14. The maximum Gasteiger partial charge on any atom is 0.126 e. The van der Waals surface area contributed by atoms with Crippen LogP contribution in [0.5, 0.6) is 5.75 Å². The van der Waals surface area contributed by atoms with Crippen LogP contribution in [0, 0.1) is 0 Å². The van der Waals surface area contributed by atoms with Crippen molar-refractivity contribution < 1.29 is 4.74 Å². The van der Waals surface area contributed by atoms with Crippen LogP contribution in [-0.4, -0.2) is 7.11 Å². The van der Waals surface area contributed by atoms with Gasteiger partial charge in [-0.3, -0.25) is 0 Å². The maximum absolute atomic E-state index is 5.23. The quantitative estimate of drug-likeness (QED) is 0.605. The zero-order chi connectivity index (χ0) is 10.8. The van der Waals surface area contributed by atoms with Crippen molar-refractivity contribution in [3.63, 3.8) is 0 Å². The summed E-state index contributed by atoms with van der Waals surface area (Å²) in [4.78, 5) is 0. The van der Waals surface area contributed by atoms with Gasteiger partial charge in [-0.15, -0.1) is 0 Å². The lowest BCUT2D eigenvalue weighted by molar-refractivity contribution is 0.413. The van der Waals surface area contributed by atoms with Crippen LogP contribution >= 0.6 is 22.6 Å². The van der Waals surface area contributed by atoms with E-state index in [-0.39, 0.29) is 3.42 Å². The molecule has 0 saturated heterocycles. The van der Waals surface area contributed by atoms with Crippen molar-refractivity contribution in [3.05, 3.63) is 35.9 Å². The summed E-state index contributed by atoms with van der Waals surface area (Å²) >= 11 is 2.42. The third kappa shape index (κ3) is 2.50. The highest BCUT2D eigenvalue weighted by Gasteiger charge is 2.16. The van der Waals surface area contributed by atoms with Crippen molar-refractivity contribution in [2.24, 2.45) is 0 Å². The number of hydrogen-bond donors (Lipinski definition) is 0. The molecule has 0 spiro atoms. The standard InChI is InChI=1S/C12H15IO/c1-5-9-8-10(12(2,3)13)6-7-11(9)14-4/h5-8H,1H2,2-4H3. The zero-order valence-corrected chi connectivity index (χ0v) is 11.0. The fourth-order valence-electron chi connectivity index (χ4n) is 1.26. The summed E-state index contributed by atoms with van der Waals surface area (Å²) in [6, 6.07) is 6.21. The first kappa shape index (κ1) is 11.6. The van der Waals surface area contributed by atoms with Crippen LogP contribution in [0.1, 0.15) is 25.0 Å². The van der Waals surface area contributed by atoms with Gasteiger partial charge in [0.1, 0.15) is 5.75 Å². The first-order valence-corrected chi connectivity index (χ1v) is 5.57. The molecule has 0 aromatic heterocycles. The minimum absolute atomic E-state index is 0.141. The molecule has 2 heteroatoms. The van der Waals surface area contributed by atoms with E-state index in [4.69, 9.17) is 4.74 Å². The van der Waals surface area contributed by atoms with Crippen molar-refractivity contribution in [2.75, 3.05) is 7.11 Å². The fourth-order valence-corrected chi connectivity index (χ4v) is 1.60. The van der Waals surface area contributed by atoms with E-state index in [9.17, 15) is 0 Å². The average Bonchev–Trinajstić information content (AvgIpc) is 2.15. The SMILES string of the molecule is C=Cc1cc(C(C)(C)I)ccc1OC. The molecule has 0 aliphatic carbocycles. The molecular formula is C12H15IO. The molecule has 1 aromatic rings. The van der Waals surface area contributed by atoms with Crippen molar-refractivity contribution in [2.45, 2.75) is 17.3 Å². The predicted molar refractivity (Wildman–Crippen MR) is 70.1 cm³/mol. The number of alkyl halides is 1. The van der Waals surface area contributed by atoms with Crippen LogP contribution < -0.4 is 4.74 Å². The summed E-state index contributed by atoms with van der Waals surface area (Å²) in [7, 11) is 1.68. The van der Waals surface area contributed by atoms with E-state index in [2.05, 4.69) is 55.2 Å². The third-order valence-corrected chi connectivity index (χ3v) is 2.76. The lowest BCUT2D eigenvalue weighted by Gasteiger charge is -2.18. The Bertz CT molecular complexity index is 337. The van der Waals surface area contributed by atoms with E-state index in [1.807, 2.05) is 12.1 Å². The molecule has 0 heterocycles. The fraction of sp³-hybridized carbons (Fsp3) is 0.333. The van der Waals surface area contributed by atoms with Gasteiger partial charge in [0.15, 0.2) is 0 Å². The molecule has 0 aliphatic heterocycles. The Balaban J connectivity index is 3.21. The number of ether oxygens (including phenoxy) is 1. The largest absolute Gasteiger partial charge is 0.496 e. The lowest BCUT2D eigenvalue weighted by atomic mass is 10.0. The Kier molecular flexibility index (Phi) is 3.59. The highest BCUT2D eigenvalue weighted by Crippen LogP contribution is 2.33. The van der Waals surface area contributed by atoms with E-state index in [0.29, 0.717) is 0 Å². The van der Waals surface area contributed by atoms with Crippen molar-refractivity contribution >= 4 is 28.7 Å². The minimum atomic E-state index is 0.141. The van der Waals surface area contributed by atoms with Gasteiger partial charge in [0, 0.05) is 8.99 Å². The van der Waals surface area contributed by atoms with E-state index in [0.717, 1.165) is 11.3 Å². The van der Waals surface area contributed by atoms with Gasteiger partial charge in [-0.05, 0) is 31.5 Å². The second kappa shape index (κ2) is 4.34. The van der Waals surface area contributed by atoms with Crippen LogP contribution in [0.2, 0.25) is 0 Å². The maximum atomic E-state index is 5.23. The monoisotopic (exact) mass is 302 g/mol. The molecule has 0 fully saturated rings. The van der Waals surface area contributed by atoms with Gasteiger partial charge >= 0.3 is 0 Å². The van der Waals surface area contributed by atoms with E-state index in [1.54, 1.807) is 7.11 Å². The Morgan fingerprint density at radius 1 is 1.43 bits per heavy atom. The Morgan fingerprint density at radius 3 is 2.50 bits per heavy atom. The molecule has 0 amide bonds. The molecule has 0 atom stereocenters. The average molecular weight is 302 g/mol. The van der Waals surface area contributed by atoms with Crippen LogP contribution in [-0.2, 0) is 3.42 Å². The van der Waals surface area contributed by atoms with Gasteiger partial charge in [0.25, 0.3) is 0 Å². The molecule has 1 rings (SSSR count). The van der Waals surface area contributed by atoms with E-state index in [1.165, 1.54) is 5.56 Å². The zero-order valence-electron chi connectivity index (χ0n) is 8.80. The van der Waals surface area contributed by atoms with Crippen LogP contribution in [0.15, 0.2) is 24.8 Å². The summed E-state index contributed by atoms with van der Waals surface area (Å²) < 4.78 is 5.37. The van der Waals surface area contributed by atoms with Crippen molar-refractivity contribution in [1.29, 1.82) is 0 Å². The van der Waals surface area contributed by atoms with Crippen molar-refractivity contribution in [3.8, 4) is 5.75 Å². The number of methoxy groups -OCH3 is 1. The topological polar surface area (TPSA) is 9.23 Å². The number of rotatable bonds is 3. The molecule has 0 N–H and O–H groups in total. The molecule has 0 bridgehead atoms. The minimum Gasteiger partial charge on any atom is -0.496 e. The second-order valence-electron chi connectivity index (χ2n) is 3.63. The van der Waals surface area contributed by atoms with Crippen LogP contribution in [0.25, 0.3) is 6.08 Å². The first-order chi connectivity index (χ1) is 6.49. The first-order valence-electron chi connectivity index (χ1n) is 4.49. The van der Waals surface area contributed by atoms with Gasteiger partial charge in [0.05, 0.1) is 7.11 Å². The number of halogens is 1. The summed E-state index contributed by atoms with van der Waals surface area (Å²) in [5.74, 6) is 0.879. The van der Waals surface area contributed by atoms with Gasteiger partial charge in [0.2, 0.25) is 0 Å². The Labute approximate surface area is 99.3 Å². The summed E-state index contributed by atoms with van der Waals surface area (Å²) in [5.41, 5.74) is 2.34. The molecule has 0 radical (unpaired) electrons. The molecular weight excluding hydrogens is 287 g/mol. The highest BCUT2D eigenvalue weighted by atomic mass is 127. The summed E-state index contributed by atoms with van der Waals surface area (Å²) in [5, 5.41) is 0. The lowest BCUT2D eigenvalue weighted by Crippen LogP contribution is -2.06.